The molecule has 98 valence electrons. The molecule has 4 heteroatoms. The summed E-state index contributed by atoms with van der Waals surface area (Å²) in [5, 5.41) is 3.49. The van der Waals surface area contributed by atoms with Gasteiger partial charge in [-0.3, -0.25) is 4.79 Å². The zero-order valence-electron chi connectivity index (χ0n) is 11.3. The first kappa shape index (κ1) is 12.9. The van der Waals surface area contributed by atoms with Crippen LogP contribution in [0.5, 0.6) is 0 Å². The van der Waals surface area contributed by atoms with Crippen molar-refractivity contribution in [2.45, 2.75) is 12.5 Å². The molecule has 1 aromatic rings. The summed E-state index contributed by atoms with van der Waals surface area (Å²) in [4.78, 5) is 16.0. The van der Waals surface area contributed by atoms with Gasteiger partial charge in [-0.2, -0.15) is 0 Å². The number of para-hydroxylation sites is 1. The van der Waals surface area contributed by atoms with Gasteiger partial charge in [0, 0.05) is 32.4 Å². The van der Waals surface area contributed by atoms with E-state index in [2.05, 4.69) is 17.3 Å². The second-order valence-corrected chi connectivity index (χ2v) is 5.14. The molecular weight excluding hydrogens is 226 g/mol. The van der Waals surface area contributed by atoms with E-state index in [0.29, 0.717) is 6.04 Å². The second kappa shape index (κ2) is 5.40. The van der Waals surface area contributed by atoms with E-state index in [1.165, 1.54) is 0 Å². The molecule has 2 rings (SSSR count). The van der Waals surface area contributed by atoms with Crippen LogP contribution in [0.15, 0.2) is 24.3 Å². The SMILES string of the molecule is CN1CCC(Nc2ccccc2C(=O)N(C)C)C1. The van der Waals surface area contributed by atoms with Crippen molar-refractivity contribution in [1.29, 1.82) is 0 Å². The molecule has 0 aliphatic carbocycles. The number of hydrogen-bond acceptors (Lipinski definition) is 3. The predicted molar refractivity (Wildman–Crippen MR) is 74.0 cm³/mol. The molecule has 18 heavy (non-hydrogen) atoms. The lowest BCUT2D eigenvalue weighted by Gasteiger charge is -2.19. The lowest BCUT2D eigenvalue weighted by Crippen LogP contribution is -2.27. The van der Waals surface area contributed by atoms with Crippen LogP contribution in [-0.4, -0.2) is 56.0 Å². The van der Waals surface area contributed by atoms with Crippen LogP contribution in [0, 0.1) is 0 Å². The summed E-state index contributed by atoms with van der Waals surface area (Å²) in [6.45, 7) is 2.14. The van der Waals surface area contributed by atoms with E-state index < -0.39 is 0 Å². The molecule has 4 nitrogen and oxygen atoms in total. The Balaban J connectivity index is 2.15. The fourth-order valence-corrected chi connectivity index (χ4v) is 2.31. The van der Waals surface area contributed by atoms with Gasteiger partial charge in [-0.1, -0.05) is 12.1 Å². The minimum Gasteiger partial charge on any atom is -0.380 e. The van der Waals surface area contributed by atoms with Crippen LogP contribution >= 0.6 is 0 Å². The second-order valence-electron chi connectivity index (χ2n) is 5.14. The highest BCUT2D eigenvalue weighted by Gasteiger charge is 2.21. The van der Waals surface area contributed by atoms with Crippen molar-refractivity contribution in [1.82, 2.24) is 9.80 Å². The molecule has 1 fully saturated rings. The average molecular weight is 247 g/mol. The zero-order valence-corrected chi connectivity index (χ0v) is 11.3. The lowest BCUT2D eigenvalue weighted by atomic mass is 10.1. The summed E-state index contributed by atoms with van der Waals surface area (Å²) >= 11 is 0. The molecule has 0 spiro atoms. The highest BCUT2D eigenvalue weighted by atomic mass is 16.2. The van der Waals surface area contributed by atoms with Gasteiger partial charge in [-0.15, -0.1) is 0 Å². The molecule has 1 unspecified atom stereocenters. The van der Waals surface area contributed by atoms with Crippen LogP contribution in [-0.2, 0) is 0 Å². The zero-order chi connectivity index (χ0) is 13.1. The minimum absolute atomic E-state index is 0.0458. The number of rotatable bonds is 3. The third-order valence-electron chi connectivity index (χ3n) is 3.31. The normalized spacial score (nSPS) is 19.8. The van der Waals surface area contributed by atoms with E-state index in [9.17, 15) is 4.79 Å². The van der Waals surface area contributed by atoms with E-state index in [-0.39, 0.29) is 5.91 Å². The van der Waals surface area contributed by atoms with Crippen LogP contribution < -0.4 is 5.32 Å². The van der Waals surface area contributed by atoms with E-state index in [0.717, 1.165) is 30.8 Å². The maximum absolute atomic E-state index is 12.1. The fourth-order valence-electron chi connectivity index (χ4n) is 2.31. The summed E-state index contributed by atoms with van der Waals surface area (Å²) in [6.07, 6.45) is 1.13. The van der Waals surface area contributed by atoms with Crippen molar-refractivity contribution in [2.75, 3.05) is 39.5 Å². The largest absolute Gasteiger partial charge is 0.380 e. The smallest absolute Gasteiger partial charge is 0.255 e. The molecular formula is C14H21N3O. The number of amides is 1. The molecule has 0 aromatic heterocycles. The molecule has 1 atom stereocenters. The maximum atomic E-state index is 12.1. The van der Waals surface area contributed by atoms with Gasteiger partial charge in [-0.05, 0) is 32.1 Å². The topological polar surface area (TPSA) is 35.6 Å². The molecule has 1 N–H and O–H groups in total. The number of hydrogen-bond donors (Lipinski definition) is 1. The van der Waals surface area contributed by atoms with Crippen molar-refractivity contribution < 1.29 is 4.79 Å². The van der Waals surface area contributed by atoms with Crippen LogP contribution in [0.25, 0.3) is 0 Å². The Labute approximate surface area is 109 Å². The van der Waals surface area contributed by atoms with Gasteiger partial charge < -0.3 is 15.1 Å². The molecule has 1 heterocycles. The number of benzene rings is 1. The first-order valence-electron chi connectivity index (χ1n) is 6.33. The van der Waals surface area contributed by atoms with Crippen molar-refractivity contribution in [3.8, 4) is 0 Å². The number of likely N-dealkylation sites (N-methyl/N-ethyl adjacent to an activating group) is 1. The quantitative estimate of drug-likeness (QED) is 0.879. The third-order valence-corrected chi connectivity index (χ3v) is 3.31. The Hall–Kier alpha value is -1.55. The summed E-state index contributed by atoms with van der Waals surface area (Å²) < 4.78 is 0. The van der Waals surface area contributed by atoms with Crippen LogP contribution in [0.3, 0.4) is 0 Å². The predicted octanol–water partition coefficient (Wildman–Crippen LogP) is 1.50. The third kappa shape index (κ3) is 2.82. The van der Waals surface area contributed by atoms with Gasteiger partial charge in [-0.25, -0.2) is 0 Å². The summed E-state index contributed by atoms with van der Waals surface area (Å²) in [6, 6.07) is 8.17. The molecule has 0 saturated carbocycles. The molecule has 1 aliphatic heterocycles. The Morgan fingerprint density at radius 1 is 1.39 bits per heavy atom. The number of nitrogens with one attached hydrogen (secondary N) is 1. The highest BCUT2D eigenvalue weighted by molar-refractivity contribution is 5.99. The fraction of sp³-hybridized carbons (Fsp3) is 0.500. The average Bonchev–Trinajstić information content (AvgIpc) is 2.74. The van der Waals surface area contributed by atoms with Gasteiger partial charge in [0.05, 0.1) is 5.56 Å². The van der Waals surface area contributed by atoms with Gasteiger partial charge in [0.25, 0.3) is 5.91 Å². The summed E-state index contributed by atoms with van der Waals surface area (Å²) in [7, 11) is 5.68. The Bertz CT molecular complexity index is 431. The lowest BCUT2D eigenvalue weighted by molar-refractivity contribution is 0.0828. The van der Waals surface area contributed by atoms with Gasteiger partial charge in [0.1, 0.15) is 0 Å². The van der Waals surface area contributed by atoms with Crippen molar-refractivity contribution in [3.63, 3.8) is 0 Å². The van der Waals surface area contributed by atoms with E-state index in [1.54, 1.807) is 19.0 Å². The van der Waals surface area contributed by atoms with Crippen LogP contribution in [0.2, 0.25) is 0 Å². The number of carbonyl (C=O) groups excluding carboxylic acids is 1. The first-order valence-corrected chi connectivity index (χ1v) is 6.33. The number of nitrogens with zero attached hydrogens (tertiary/aromatic N) is 2. The van der Waals surface area contributed by atoms with Gasteiger partial charge in [0.2, 0.25) is 0 Å². The van der Waals surface area contributed by atoms with E-state index in [4.69, 9.17) is 0 Å². The van der Waals surface area contributed by atoms with Crippen molar-refractivity contribution in [3.05, 3.63) is 29.8 Å². The Morgan fingerprint density at radius 3 is 2.72 bits per heavy atom. The van der Waals surface area contributed by atoms with E-state index in [1.807, 2.05) is 24.3 Å². The van der Waals surface area contributed by atoms with Gasteiger partial charge >= 0.3 is 0 Å². The molecule has 1 amide bonds. The summed E-state index contributed by atoms with van der Waals surface area (Å²) in [5.74, 6) is 0.0458. The summed E-state index contributed by atoms with van der Waals surface area (Å²) in [5.41, 5.74) is 1.69. The minimum atomic E-state index is 0.0458. The highest BCUT2D eigenvalue weighted by Crippen LogP contribution is 2.20. The van der Waals surface area contributed by atoms with E-state index >= 15 is 0 Å². The maximum Gasteiger partial charge on any atom is 0.255 e. The standard InChI is InChI=1S/C14H21N3O/c1-16(2)14(18)12-6-4-5-7-13(12)15-11-8-9-17(3)10-11/h4-7,11,15H,8-10H2,1-3H3. The van der Waals surface area contributed by atoms with Crippen LogP contribution in [0.1, 0.15) is 16.8 Å². The van der Waals surface area contributed by atoms with Crippen molar-refractivity contribution >= 4 is 11.6 Å². The monoisotopic (exact) mass is 247 g/mol. The molecule has 1 aliphatic rings. The van der Waals surface area contributed by atoms with Crippen LogP contribution in [0.4, 0.5) is 5.69 Å². The number of anilines is 1. The molecule has 1 saturated heterocycles. The Morgan fingerprint density at radius 2 is 2.11 bits per heavy atom. The Kier molecular flexibility index (Phi) is 3.87. The van der Waals surface area contributed by atoms with Crippen molar-refractivity contribution in [2.24, 2.45) is 0 Å². The molecule has 1 aromatic carbocycles. The number of carbonyl (C=O) groups is 1. The number of likely N-dealkylation sites (tertiary alicyclic amines) is 1. The molecule has 0 bridgehead atoms. The van der Waals surface area contributed by atoms with Gasteiger partial charge in [0.15, 0.2) is 0 Å². The first-order chi connectivity index (χ1) is 8.58. The molecule has 0 radical (unpaired) electrons.